The van der Waals surface area contributed by atoms with Gasteiger partial charge in [0.2, 0.25) is 0 Å². The van der Waals surface area contributed by atoms with Crippen LogP contribution in [0.15, 0.2) is 49.6 Å². The highest BCUT2D eigenvalue weighted by molar-refractivity contribution is 5.93. The Morgan fingerprint density at radius 1 is 0.694 bits per heavy atom. The first-order valence-corrected chi connectivity index (χ1v) is 16.6. The molecule has 2 aliphatic rings. The molecule has 8 rings (SSSR count). The number of halogens is 1. The number of nitrogen functional groups attached to an aromatic ring is 2. The quantitative estimate of drug-likeness (QED) is 0.136. The van der Waals surface area contributed by atoms with E-state index in [-0.39, 0.29) is 24.5 Å². The second kappa shape index (κ2) is 14.7. The Labute approximate surface area is 289 Å². The molecule has 2 saturated carbocycles. The molecule has 6 N–H and O–H groups in total. The van der Waals surface area contributed by atoms with Crippen LogP contribution in [0.2, 0.25) is 0 Å². The minimum atomic E-state index is 0. The summed E-state index contributed by atoms with van der Waals surface area (Å²) in [4.78, 5) is 23.4. The highest BCUT2D eigenvalue weighted by Crippen LogP contribution is 2.39. The first-order chi connectivity index (χ1) is 23.6. The molecule has 0 unspecified atom stereocenters. The molecule has 0 radical (unpaired) electrons. The van der Waals surface area contributed by atoms with Crippen LogP contribution in [0.4, 0.5) is 11.6 Å². The molecule has 6 heterocycles. The smallest absolute Gasteiger partial charge is 0.154 e. The molecule has 252 valence electrons. The van der Waals surface area contributed by atoms with Crippen molar-refractivity contribution in [2.75, 3.05) is 11.5 Å². The van der Waals surface area contributed by atoms with E-state index in [2.05, 4.69) is 52.2 Å². The fourth-order valence-corrected chi connectivity index (χ4v) is 7.51. The molecule has 0 aliphatic heterocycles. The lowest BCUT2D eigenvalue weighted by Gasteiger charge is -2.21. The van der Waals surface area contributed by atoms with Crippen LogP contribution >= 0.6 is 12.4 Å². The number of aromatic nitrogens is 10. The predicted octanol–water partition coefficient (Wildman–Crippen LogP) is 6.52. The van der Waals surface area contributed by atoms with Crippen molar-refractivity contribution in [1.82, 2.24) is 49.5 Å². The number of nitrogens with zero attached hydrogens (tertiary/aromatic N) is 10. The molecule has 0 bridgehead atoms. The Hall–Kier alpha value is -5.47. The summed E-state index contributed by atoms with van der Waals surface area (Å²) in [7, 11) is 0. The number of fused-ring (bicyclic) bond motifs is 2. The monoisotopic (exact) mass is 678 g/mol. The Bertz CT molecular complexity index is 1950. The van der Waals surface area contributed by atoms with E-state index in [0.717, 1.165) is 70.3 Å². The Morgan fingerprint density at radius 3 is 1.49 bits per heavy atom. The highest BCUT2D eigenvalue weighted by atomic mass is 35.5. The van der Waals surface area contributed by atoms with Crippen LogP contribution in [-0.2, 0) is 0 Å². The summed E-state index contributed by atoms with van der Waals surface area (Å²) in [5, 5.41) is 29.3. The fourth-order valence-electron chi connectivity index (χ4n) is 7.51. The molecule has 49 heavy (non-hydrogen) atoms. The van der Waals surface area contributed by atoms with E-state index in [4.69, 9.17) is 11.5 Å². The van der Waals surface area contributed by atoms with Crippen LogP contribution in [0.5, 0.6) is 0 Å². The molecular weight excluding hydrogens is 640 g/mol. The zero-order valence-corrected chi connectivity index (χ0v) is 27.9. The standard InChI is InChI=1S/2C17H19N7.ClH/c2*18-7-5-14(11-3-1-2-4-11)24-9-13(16(19)23-24)15-12-6-8-20-17(12)22-10-21-15;/h2*6,8-11,14H,1-5H2,(H2,19,23)(H,20,21,22);1H/t2*14-;/m11./s1. The Balaban J connectivity index is 0.000000167. The minimum Gasteiger partial charge on any atom is -0.382 e. The fraction of sp³-hybridized carbons (Fsp3) is 0.412. The Morgan fingerprint density at radius 2 is 1.10 bits per heavy atom. The normalized spacial score (nSPS) is 16.1. The van der Waals surface area contributed by atoms with Gasteiger partial charge in [-0.25, -0.2) is 19.9 Å². The number of nitriles is 2. The van der Waals surface area contributed by atoms with Gasteiger partial charge in [0, 0.05) is 35.6 Å². The van der Waals surface area contributed by atoms with Gasteiger partial charge in [-0.3, -0.25) is 9.36 Å². The van der Waals surface area contributed by atoms with Gasteiger partial charge in [-0.15, -0.1) is 12.4 Å². The predicted molar refractivity (Wildman–Crippen MR) is 189 cm³/mol. The van der Waals surface area contributed by atoms with Crippen molar-refractivity contribution in [1.29, 1.82) is 10.5 Å². The van der Waals surface area contributed by atoms with Crippen LogP contribution in [-0.4, -0.2) is 49.5 Å². The van der Waals surface area contributed by atoms with Crippen molar-refractivity contribution in [2.45, 2.75) is 76.3 Å². The molecule has 2 aliphatic carbocycles. The van der Waals surface area contributed by atoms with Gasteiger partial charge in [0.1, 0.15) is 23.9 Å². The lowest BCUT2D eigenvalue weighted by Crippen LogP contribution is -2.17. The van der Waals surface area contributed by atoms with Gasteiger partial charge in [-0.1, -0.05) is 25.7 Å². The first kappa shape index (κ1) is 33.4. The van der Waals surface area contributed by atoms with E-state index in [1.54, 1.807) is 0 Å². The van der Waals surface area contributed by atoms with Crippen molar-refractivity contribution >= 4 is 46.1 Å². The van der Waals surface area contributed by atoms with E-state index in [1.807, 2.05) is 46.3 Å². The highest BCUT2D eigenvalue weighted by Gasteiger charge is 2.29. The van der Waals surface area contributed by atoms with Gasteiger partial charge in [0.05, 0.1) is 59.6 Å². The van der Waals surface area contributed by atoms with E-state index >= 15 is 0 Å². The van der Waals surface area contributed by atoms with Crippen LogP contribution < -0.4 is 11.5 Å². The van der Waals surface area contributed by atoms with E-state index in [9.17, 15) is 10.5 Å². The number of hydrogen-bond acceptors (Lipinski definition) is 10. The third-order valence-electron chi connectivity index (χ3n) is 9.91. The average Bonchev–Trinajstić information content (AvgIpc) is 3.95. The molecule has 2 fully saturated rings. The maximum atomic E-state index is 9.22. The SMILES string of the molecule is Cl.N#CC[C@H](C1CCCC1)n1cc(-c2ncnc3[nH]ccc23)c(N)n1.N#CC[C@H](C1CCCC1)n1cc(-c2ncnc3[nH]ccc23)c(N)n1. The molecule has 2 atom stereocenters. The van der Waals surface area contributed by atoms with Crippen molar-refractivity contribution in [2.24, 2.45) is 11.8 Å². The van der Waals surface area contributed by atoms with E-state index < -0.39 is 0 Å². The number of anilines is 2. The zero-order valence-electron chi connectivity index (χ0n) is 27.0. The van der Waals surface area contributed by atoms with Gasteiger partial charge in [-0.05, 0) is 49.7 Å². The number of hydrogen-bond donors (Lipinski definition) is 4. The molecule has 0 saturated heterocycles. The van der Waals surface area contributed by atoms with Gasteiger partial charge in [0.25, 0.3) is 0 Å². The zero-order chi connectivity index (χ0) is 33.0. The third kappa shape index (κ3) is 6.65. The molecule has 0 spiro atoms. The van der Waals surface area contributed by atoms with Crippen LogP contribution in [0.25, 0.3) is 44.6 Å². The second-order valence-corrected chi connectivity index (χ2v) is 12.7. The summed E-state index contributed by atoms with van der Waals surface area (Å²) in [6, 6.07) is 8.64. The summed E-state index contributed by atoms with van der Waals surface area (Å²) in [6.07, 6.45) is 21.0. The van der Waals surface area contributed by atoms with Gasteiger partial charge in [-0.2, -0.15) is 20.7 Å². The van der Waals surface area contributed by atoms with Crippen molar-refractivity contribution < 1.29 is 0 Å². The van der Waals surface area contributed by atoms with Crippen LogP contribution in [0.3, 0.4) is 0 Å². The number of nitrogens with two attached hydrogens (primary N) is 2. The molecule has 6 aromatic rings. The lowest BCUT2D eigenvalue weighted by molar-refractivity contribution is 0.315. The van der Waals surface area contributed by atoms with E-state index in [1.165, 1.54) is 38.3 Å². The number of H-pyrrole nitrogens is 2. The maximum Gasteiger partial charge on any atom is 0.154 e. The summed E-state index contributed by atoms with van der Waals surface area (Å²) in [5.41, 5.74) is 17.0. The van der Waals surface area contributed by atoms with Crippen molar-refractivity contribution in [3.63, 3.8) is 0 Å². The van der Waals surface area contributed by atoms with Gasteiger partial charge < -0.3 is 21.4 Å². The summed E-state index contributed by atoms with van der Waals surface area (Å²) in [6.45, 7) is 0. The van der Waals surface area contributed by atoms with Crippen molar-refractivity contribution in [3.8, 4) is 34.7 Å². The second-order valence-electron chi connectivity index (χ2n) is 12.7. The topological polar surface area (TPSA) is 218 Å². The van der Waals surface area contributed by atoms with Crippen LogP contribution in [0, 0.1) is 34.5 Å². The third-order valence-corrected chi connectivity index (χ3v) is 9.91. The van der Waals surface area contributed by atoms with Crippen LogP contribution in [0.1, 0.15) is 76.3 Å². The lowest BCUT2D eigenvalue weighted by atomic mass is 9.96. The number of rotatable bonds is 8. The molecule has 15 heteroatoms. The maximum absolute atomic E-state index is 9.22. The number of aromatic amines is 2. The first-order valence-electron chi connectivity index (χ1n) is 16.6. The summed E-state index contributed by atoms with van der Waals surface area (Å²) >= 11 is 0. The molecule has 14 nitrogen and oxygen atoms in total. The minimum absolute atomic E-state index is 0. The average molecular weight is 679 g/mol. The number of nitrogens with one attached hydrogen (secondary N) is 2. The molecule has 6 aromatic heterocycles. The van der Waals surface area contributed by atoms with Crippen molar-refractivity contribution in [3.05, 3.63) is 49.6 Å². The van der Waals surface area contributed by atoms with Gasteiger partial charge in [0.15, 0.2) is 11.6 Å². The van der Waals surface area contributed by atoms with Gasteiger partial charge >= 0.3 is 0 Å². The summed E-state index contributed by atoms with van der Waals surface area (Å²) < 4.78 is 3.76. The summed E-state index contributed by atoms with van der Waals surface area (Å²) in [5.74, 6) is 1.87. The molecular formula is C34H39ClN14. The Kier molecular flexibility index (Phi) is 10.1. The van der Waals surface area contributed by atoms with E-state index in [0.29, 0.717) is 36.3 Å². The molecule has 0 aromatic carbocycles. The largest absolute Gasteiger partial charge is 0.382 e. The molecule has 0 amide bonds.